The molecule has 1 saturated heterocycles. The number of rotatable bonds is 18. The van der Waals surface area contributed by atoms with Gasteiger partial charge in [-0.1, -0.05) is 53.5 Å². The first-order chi connectivity index (χ1) is 26.3. The molecule has 0 saturated carbocycles. The van der Waals surface area contributed by atoms with E-state index in [-0.39, 0.29) is 24.7 Å². The number of nitrogens with two attached hydrogens (primary N) is 1. The van der Waals surface area contributed by atoms with Gasteiger partial charge in [-0.3, -0.25) is 9.78 Å². The van der Waals surface area contributed by atoms with Gasteiger partial charge in [-0.15, -0.1) is 0 Å². The van der Waals surface area contributed by atoms with E-state index < -0.39 is 0 Å². The largest absolute Gasteiger partial charge is 0.492 e. The third-order valence-electron chi connectivity index (χ3n) is 9.95. The van der Waals surface area contributed by atoms with Gasteiger partial charge < -0.3 is 35.3 Å². The van der Waals surface area contributed by atoms with Gasteiger partial charge in [0.2, 0.25) is 5.91 Å². The zero-order valence-electron chi connectivity index (χ0n) is 30.4. The van der Waals surface area contributed by atoms with Gasteiger partial charge in [0, 0.05) is 67.8 Å². The van der Waals surface area contributed by atoms with E-state index in [1.54, 1.807) is 12.3 Å². The molecule has 1 atom stereocenters. The molecule has 1 aromatic heterocycles. The number of unbranched alkanes of at least 4 members (excludes halogenated alkanes) is 1. The molecule has 6 rings (SSSR count). The van der Waals surface area contributed by atoms with Crippen LogP contribution in [0, 0.1) is 11.3 Å². The summed E-state index contributed by atoms with van der Waals surface area (Å²) in [7, 11) is 0. The smallest absolute Gasteiger partial charge is 0.217 e. The summed E-state index contributed by atoms with van der Waals surface area (Å²) in [5, 5.41) is 23.6. The summed E-state index contributed by atoms with van der Waals surface area (Å²) in [5.41, 5.74) is 11.6. The number of ether oxygens (including phenoxy) is 3. The highest BCUT2D eigenvalue weighted by atomic mass is 35.5. The molecule has 12 heteroatoms. The lowest BCUT2D eigenvalue weighted by molar-refractivity contribution is -0.118. The van der Waals surface area contributed by atoms with Gasteiger partial charge in [-0.25, -0.2) is 0 Å². The number of likely N-dealkylation sites (tertiary alicyclic amines) is 1. The van der Waals surface area contributed by atoms with Crippen molar-refractivity contribution in [1.82, 2.24) is 15.2 Å². The number of carbonyl (C=O) groups is 1. The summed E-state index contributed by atoms with van der Waals surface area (Å²) >= 11 is 13.9. The molecule has 0 radical (unpaired) electrons. The maximum atomic E-state index is 11.1. The Morgan fingerprint density at radius 3 is 2.61 bits per heavy atom. The summed E-state index contributed by atoms with van der Waals surface area (Å²) in [5.74, 6) is 1.48. The number of benzene rings is 3. The highest BCUT2D eigenvalue weighted by Crippen LogP contribution is 2.45. The van der Waals surface area contributed by atoms with Crippen molar-refractivity contribution in [2.45, 2.75) is 76.7 Å². The highest BCUT2D eigenvalue weighted by molar-refractivity contribution is 6.35. The number of amides is 1. The van der Waals surface area contributed by atoms with E-state index in [0.717, 1.165) is 86.0 Å². The second-order valence-corrected chi connectivity index (χ2v) is 14.7. The molecule has 4 N–H and O–H groups in total. The summed E-state index contributed by atoms with van der Waals surface area (Å²) in [6, 6.07) is 19.7. The molecule has 2 heterocycles. The first-order valence-corrected chi connectivity index (χ1v) is 19.4. The van der Waals surface area contributed by atoms with Crippen LogP contribution in [0.5, 0.6) is 17.2 Å². The number of primary amides is 1. The van der Waals surface area contributed by atoms with E-state index in [1.807, 2.05) is 36.4 Å². The van der Waals surface area contributed by atoms with Crippen molar-refractivity contribution in [2.24, 2.45) is 5.73 Å². The van der Waals surface area contributed by atoms with E-state index in [4.69, 9.17) is 43.1 Å². The monoisotopic (exact) mass is 771 g/mol. The number of halogens is 2. The Labute approximate surface area is 327 Å². The lowest BCUT2D eigenvalue weighted by atomic mass is 9.96. The van der Waals surface area contributed by atoms with Crippen LogP contribution < -0.4 is 25.3 Å². The Kier molecular flexibility index (Phi) is 14.0. The number of aliphatic hydroxyl groups excluding tert-OH is 1. The van der Waals surface area contributed by atoms with Crippen LogP contribution in [-0.4, -0.2) is 59.8 Å². The quantitative estimate of drug-likeness (QED) is 0.0875. The van der Waals surface area contributed by atoms with Crippen molar-refractivity contribution in [1.29, 1.82) is 5.26 Å². The van der Waals surface area contributed by atoms with Crippen LogP contribution in [0.1, 0.15) is 78.9 Å². The van der Waals surface area contributed by atoms with Crippen molar-refractivity contribution in [3.8, 4) is 34.4 Å². The minimum Gasteiger partial charge on any atom is -0.492 e. The normalized spacial score (nSPS) is 15.8. The molecule has 284 valence electrons. The minimum atomic E-state index is -0.301. The number of carbonyl (C=O) groups excluding carboxylic acids is 1. The number of nitriles is 1. The minimum absolute atomic E-state index is 0.173. The first kappa shape index (κ1) is 39.3. The number of fused-ring (bicyclic) bond motifs is 1. The van der Waals surface area contributed by atoms with E-state index in [1.165, 1.54) is 11.8 Å². The van der Waals surface area contributed by atoms with Crippen molar-refractivity contribution >= 4 is 29.1 Å². The molecule has 0 unspecified atom stereocenters. The fourth-order valence-corrected chi connectivity index (χ4v) is 7.60. The molecule has 3 aromatic carbocycles. The molecule has 4 aromatic rings. The van der Waals surface area contributed by atoms with Gasteiger partial charge in [-0.05, 0) is 86.4 Å². The van der Waals surface area contributed by atoms with Crippen molar-refractivity contribution in [3.05, 3.63) is 105 Å². The SMILES string of the molecule is N#Cc1cncc(COc2cc(O[C@H]3CCc4c(-c5cccc(OCCCN6CCC(O)CC6)c5Cl)cccc43)c(Cl)cc2CNCCCCC(N)=O)c1. The molecule has 54 heavy (non-hydrogen) atoms. The summed E-state index contributed by atoms with van der Waals surface area (Å²) < 4.78 is 19.1. The van der Waals surface area contributed by atoms with Crippen LogP contribution in [0.3, 0.4) is 0 Å². The van der Waals surface area contributed by atoms with Gasteiger partial charge >= 0.3 is 0 Å². The van der Waals surface area contributed by atoms with Crippen LogP contribution in [0.15, 0.2) is 67.0 Å². The molecule has 1 amide bonds. The van der Waals surface area contributed by atoms with Gasteiger partial charge in [0.15, 0.2) is 0 Å². The number of nitrogens with zero attached hydrogens (tertiary/aromatic N) is 3. The first-order valence-electron chi connectivity index (χ1n) is 18.7. The molecule has 0 spiro atoms. The zero-order valence-corrected chi connectivity index (χ0v) is 31.9. The number of nitrogens with one attached hydrogen (secondary N) is 1. The maximum Gasteiger partial charge on any atom is 0.217 e. The van der Waals surface area contributed by atoms with Crippen molar-refractivity contribution < 1.29 is 24.1 Å². The predicted molar refractivity (Wildman–Crippen MR) is 210 cm³/mol. The fraction of sp³-hybridized carbons (Fsp3) is 0.405. The summed E-state index contributed by atoms with van der Waals surface area (Å²) in [6.07, 6.45) is 8.77. The van der Waals surface area contributed by atoms with Crippen LogP contribution in [-0.2, 0) is 24.4 Å². The Morgan fingerprint density at radius 1 is 0.981 bits per heavy atom. The van der Waals surface area contributed by atoms with Crippen LogP contribution in [0.4, 0.5) is 0 Å². The van der Waals surface area contributed by atoms with Crippen LogP contribution >= 0.6 is 23.2 Å². The second kappa shape index (κ2) is 19.3. The fourth-order valence-electron chi connectivity index (χ4n) is 7.09. The molecule has 1 aliphatic carbocycles. The van der Waals surface area contributed by atoms with Crippen molar-refractivity contribution in [2.75, 3.05) is 32.8 Å². The molecule has 10 nitrogen and oxygen atoms in total. The second-order valence-electron chi connectivity index (χ2n) is 13.9. The molecule has 1 fully saturated rings. The highest BCUT2D eigenvalue weighted by Gasteiger charge is 2.28. The number of piperidine rings is 1. The van der Waals surface area contributed by atoms with Gasteiger partial charge in [0.25, 0.3) is 0 Å². The predicted octanol–water partition coefficient (Wildman–Crippen LogP) is 7.54. The Hall–Kier alpha value is -4.37. The maximum absolute atomic E-state index is 11.1. The zero-order chi connectivity index (χ0) is 37.9. The summed E-state index contributed by atoms with van der Waals surface area (Å²) in [6.45, 7) is 4.73. The van der Waals surface area contributed by atoms with E-state index in [2.05, 4.69) is 33.4 Å². The number of hydrogen-bond donors (Lipinski definition) is 3. The average molecular weight is 773 g/mol. The standard InChI is InChI=1S/C42H47Cl2N5O5/c43-36-21-30(26-47-15-2-1-10-41(46)51)39(53-27-29-20-28(23-45)24-48-25-29)22-40(36)54-37-12-11-33-32(6-3-7-34(33)37)35-8-4-9-38(42(35)44)52-19-5-16-49-17-13-31(50)14-18-49/h3-4,6-9,20-22,24-25,31,37,47,50H,1-2,5,10-19,26-27H2,(H2,46,51)/t37-/m0/s1. The lowest BCUT2D eigenvalue weighted by Gasteiger charge is -2.29. The van der Waals surface area contributed by atoms with Gasteiger partial charge in [-0.2, -0.15) is 5.26 Å². The topological polar surface area (TPSA) is 143 Å². The van der Waals surface area contributed by atoms with Crippen LogP contribution in [0.2, 0.25) is 10.0 Å². The van der Waals surface area contributed by atoms with Crippen LogP contribution in [0.25, 0.3) is 11.1 Å². The Balaban J connectivity index is 1.15. The lowest BCUT2D eigenvalue weighted by Crippen LogP contribution is -2.36. The number of pyridine rings is 1. The molecular formula is C42H47Cl2N5O5. The van der Waals surface area contributed by atoms with Gasteiger partial charge in [0.05, 0.1) is 28.3 Å². The Bertz CT molecular complexity index is 1950. The third-order valence-corrected chi connectivity index (χ3v) is 10.6. The van der Waals surface area contributed by atoms with Crippen molar-refractivity contribution in [3.63, 3.8) is 0 Å². The van der Waals surface area contributed by atoms with E-state index in [0.29, 0.717) is 65.4 Å². The van der Waals surface area contributed by atoms with Gasteiger partial charge in [0.1, 0.15) is 36.0 Å². The Morgan fingerprint density at radius 2 is 1.80 bits per heavy atom. The molecule has 0 bridgehead atoms. The van der Waals surface area contributed by atoms with E-state index in [9.17, 15) is 15.2 Å². The molecule has 2 aliphatic rings. The molecular weight excluding hydrogens is 725 g/mol. The summed E-state index contributed by atoms with van der Waals surface area (Å²) in [4.78, 5) is 17.6. The third kappa shape index (κ3) is 10.4. The molecule has 1 aliphatic heterocycles. The average Bonchev–Trinajstić information content (AvgIpc) is 3.59. The number of hydrogen-bond acceptors (Lipinski definition) is 9. The number of aromatic nitrogens is 1. The van der Waals surface area contributed by atoms with E-state index >= 15 is 0 Å². The number of aliphatic hydroxyl groups is 1.